The van der Waals surface area contributed by atoms with Gasteiger partial charge in [0.1, 0.15) is 0 Å². The Morgan fingerprint density at radius 2 is 2.05 bits per heavy atom. The molecule has 0 bridgehead atoms. The van der Waals surface area contributed by atoms with Crippen LogP contribution in [-0.2, 0) is 11.2 Å². The molecule has 3 rings (SSSR count). The summed E-state index contributed by atoms with van der Waals surface area (Å²) in [5, 5.41) is 3.58. The summed E-state index contributed by atoms with van der Waals surface area (Å²) in [5.41, 5.74) is 2.83. The molecule has 21 heavy (non-hydrogen) atoms. The van der Waals surface area contributed by atoms with E-state index >= 15 is 0 Å². The Bertz CT molecular complexity index is 443. The van der Waals surface area contributed by atoms with E-state index in [0.29, 0.717) is 0 Å². The van der Waals surface area contributed by atoms with Gasteiger partial charge >= 0.3 is 0 Å². The molecule has 0 radical (unpaired) electrons. The molecule has 1 aromatic carbocycles. The number of likely N-dealkylation sites (N-methyl/N-ethyl adjacent to an activating group) is 1. The molecular weight excluding hydrogens is 260 g/mol. The van der Waals surface area contributed by atoms with Crippen LogP contribution in [-0.4, -0.2) is 44.2 Å². The highest BCUT2D eigenvalue weighted by Gasteiger charge is 2.21. The lowest BCUT2D eigenvalue weighted by Crippen LogP contribution is -2.37. The van der Waals surface area contributed by atoms with E-state index in [0.717, 1.165) is 38.7 Å². The quantitative estimate of drug-likeness (QED) is 0.815. The average Bonchev–Trinajstić information content (AvgIpc) is 3.06. The SMILES string of the molecule is CN(CCNCC1OCCc2ccccc21)C1CCCC1. The van der Waals surface area contributed by atoms with Crippen molar-refractivity contribution in [3.63, 3.8) is 0 Å². The zero-order chi connectivity index (χ0) is 14.5. The topological polar surface area (TPSA) is 24.5 Å². The Labute approximate surface area is 128 Å². The molecule has 3 nitrogen and oxygen atoms in total. The van der Waals surface area contributed by atoms with Crippen LogP contribution in [0.15, 0.2) is 24.3 Å². The monoisotopic (exact) mass is 288 g/mol. The van der Waals surface area contributed by atoms with Gasteiger partial charge in [-0.2, -0.15) is 0 Å². The number of fused-ring (bicyclic) bond motifs is 1. The van der Waals surface area contributed by atoms with Gasteiger partial charge < -0.3 is 15.0 Å². The summed E-state index contributed by atoms with van der Waals surface area (Å²) in [7, 11) is 2.27. The summed E-state index contributed by atoms with van der Waals surface area (Å²) >= 11 is 0. The first-order valence-electron chi connectivity index (χ1n) is 8.45. The molecule has 2 aliphatic rings. The zero-order valence-corrected chi connectivity index (χ0v) is 13.2. The Hall–Kier alpha value is -0.900. The predicted molar refractivity (Wildman–Crippen MR) is 86.6 cm³/mol. The third-order valence-electron chi connectivity index (χ3n) is 5.01. The number of nitrogens with one attached hydrogen (secondary N) is 1. The highest BCUT2D eigenvalue weighted by Crippen LogP contribution is 2.26. The van der Waals surface area contributed by atoms with Gasteiger partial charge in [-0.15, -0.1) is 0 Å². The van der Waals surface area contributed by atoms with Crippen molar-refractivity contribution in [1.82, 2.24) is 10.2 Å². The summed E-state index contributed by atoms with van der Waals surface area (Å²) in [6.07, 6.45) is 6.87. The molecule has 1 aliphatic heterocycles. The number of benzene rings is 1. The Kier molecular flexibility index (Phi) is 5.28. The van der Waals surface area contributed by atoms with Crippen LogP contribution in [0.4, 0.5) is 0 Å². The minimum atomic E-state index is 0.228. The van der Waals surface area contributed by atoms with E-state index in [4.69, 9.17) is 4.74 Å². The maximum absolute atomic E-state index is 5.94. The van der Waals surface area contributed by atoms with Crippen LogP contribution in [0, 0.1) is 0 Å². The minimum absolute atomic E-state index is 0.228. The van der Waals surface area contributed by atoms with Crippen molar-refractivity contribution in [3.8, 4) is 0 Å². The largest absolute Gasteiger partial charge is 0.372 e. The van der Waals surface area contributed by atoms with Crippen molar-refractivity contribution >= 4 is 0 Å². The van der Waals surface area contributed by atoms with E-state index in [1.165, 1.54) is 36.8 Å². The van der Waals surface area contributed by atoms with Gasteiger partial charge in [-0.25, -0.2) is 0 Å². The van der Waals surface area contributed by atoms with E-state index in [-0.39, 0.29) is 6.10 Å². The normalized spacial score (nSPS) is 22.7. The number of rotatable bonds is 6. The molecule has 1 aromatic rings. The summed E-state index contributed by atoms with van der Waals surface area (Å²) < 4.78 is 5.94. The average molecular weight is 288 g/mol. The smallest absolute Gasteiger partial charge is 0.0952 e. The van der Waals surface area contributed by atoms with Gasteiger partial charge in [0.25, 0.3) is 0 Å². The summed E-state index contributed by atoms with van der Waals surface area (Å²) in [5.74, 6) is 0. The third kappa shape index (κ3) is 3.85. The minimum Gasteiger partial charge on any atom is -0.372 e. The van der Waals surface area contributed by atoms with Crippen molar-refractivity contribution in [2.75, 3.05) is 33.3 Å². The maximum atomic E-state index is 5.94. The van der Waals surface area contributed by atoms with Crippen molar-refractivity contribution < 1.29 is 4.74 Å². The van der Waals surface area contributed by atoms with E-state index in [1.807, 2.05) is 0 Å². The van der Waals surface area contributed by atoms with Crippen LogP contribution in [0.25, 0.3) is 0 Å². The predicted octanol–water partition coefficient (Wildman–Crippen LogP) is 2.76. The summed E-state index contributed by atoms with van der Waals surface area (Å²) in [4.78, 5) is 2.52. The van der Waals surface area contributed by atoms with Crippen LogP contribution in [0.2, 0.25) is 0 Å². The molecule has 1 heterocycles. The summed E-state index contributed by atoms with van der Waals surface area (Å²) in [6, 6.07) is 9.52. The fourth-order valence-electron chi connectivity index (χ4n) is 3.66. The highest BCUT2D eigenvalue weighted by molar-refractivity contribution is 5.31. The second-order valence-corrected chi connectivity index (χ2v) is 6.43. The second-order valence-electron chi connectivity index (χ2n) is 6.43. The van der Waals surface area contributed by atoms with E-state index in [2.05, 4.69) is 41.5 Å². The second kappa shape index (κ2) is 7.39. The highest BCUT2D eigenvalue weighted by atomic mass is 16.5. The third-order valence-corrected chi connectivity index (χ3v) is 5.01. The van der Waals surface area contributed by atoms with E-state index in [1.54, 1.807) is 0 Å². The lowest BCUT2D eigenvalue weighted by molar-refractivity contribution is 0.0421. The van der Waals surface area contributed by atoms with Crippen LogP contribution < -0.4 is 5.32 Å². The lowest BCUT2D eigenvalue weighted by atomic mass is 9.97. The van der Waals surface area contributed by atoms with E-state index < -0.39 is 0 Å². The number of ether oxygens (including phenoxy) is 1. The fraction of sp³-hybridized carbons (Fsp3) is 0.667. The molecule has 1 fully saturated rings. The van der Waals surface area contributed by atoms with Gasteiger partial charge in [-0.3, -0.25) is 0 Å². The number of hydrogen-bond acceptors (Lipinski definition) is 3. The molecule has 1 atom stereocenters. The van der Waals surface area contributed by atoms with Crippen LogP contribution >= 0.6 is 0 Å². The maximum Gasteiger partial charge on any atom is 0.0952 e. The Morgan fingerprint density at radius 1 is 1.24 bits per heavy atom. The molecule has 1 unspecified atom stereocenters. The van der Waals surface area contributed by atoms with Gasteiger partial charge in [0, 0.05) is 25.7 Å². The standard InChI is InChI=1S/C18H28N2O/c1-20(16-7-3-4-8-16)12-11-19-14-18-17-9-5-2-6-15(17)10-13-21-18/h2,5-6,9,16,18-19H,3-4,7-8,10-14H2,1H3. The Balaban J connectivity index is 1.42. The van der Waals surface area contributed by atoms with Crippen LogP contribution in [0.5, 0.6) is 0 Å². The van der Waals surface area contributed by atoms with Crippen molar-refractivity contribution in [1.29, 1.82) is 0 Å². The molecule has 116 valence electrons. The molecule has 1 N–H and O–H groups in total. The molecule has 1 saturated carbocycles. The van der Waals surface area contributed by atoms with Gasteiger partial charge in [-0.05, 0) is 37.4 Å². The van der Waals surface area contributed by atoms with Crippen molar-refractivity contribution in [2.24, 2.45) is 0 Å². The molecule has 0 spiro atoms. The van der Waals surface area contributed by atoms with Gasteiger partial charge in [0.05, 0.1) is 12.7 Å². The number of hydrogen-bond donors (Lipinski definition) is 1. The number of nitrogens with zero attached hydrogens (tertiary/aromatic N) is 1. The molecule has 1 aliphatic carbocycles. The molecule has 0 amide bonds. The molecular formula is C18H28N2O. The van der Waals surface area contributed by atoms with Gasteiger partial charge in [0.2, 0.25) is 0 Å². The first-order valence-corrected chi connectivity index (χ1v) is 8.45. The van der Waals surface area contributed by atoms with Gasteiger partial charge in [0.15, 0.2) is 0 Å². The molecule has 0 saturated heterocycles. The van der Waals surface area contributed by atoms with Crippen molar-refractivity contribution in [3.05, 3.63) is 35.4 Å². The first-order chi connectivity index (χ1) is 10.3. The first kappa shape index (κ1) is 15.0. The Morgan fingerprint density at radius 3 is 2.90 bits per heavy atom. The fourth-order valence-corrected chi connectivity index (χ4v) is 3.66. The summed E-state index contributed by atoms with van der Waals surface area (Å²) in [6.45, 7) is 3.97. The van der Waals surface area contributed by atoms with Crippen LogP contribution in [0.1, 0.15) is 42.9 Å². The molecule has 0 aromatic heterocycles. The van der Waals surface area contributed by atoms with E-state index in [9.17, 15) is 0 Å². The lowest BCUT2D eigenvalue weighted by Gasteiger charge is -2.27. The van der Waals surface area contributed by atoms with Crippen LogP contribution in [0.3, 0.4) is 0 Å². The molecule has 3 heteroatoms. The van der Waals surface area contributed by atoms with Gasteiger partial charge in [-0.1, -0.05) is 37.1 Å². The van der Waals surface area contributed by atoms with Crippen molar-refractivity contribution in [2.45, 2.75) is 44.2 Å². The zero-order valence-electron chi connectivity index (χ0n) is 13.2.